The zero-order chi connectivity index (χ0) is 14.8. The van der Waals surface area contributed by atoms with Gasteiger partial charge in [0.1, 0.15) is 10.7 Å². The normalized spacial score (nSPS) is 16.0. The number of ether oxygens (including phenoxy) is 1. The summed E-state index contributed by atoms with van der Waals surface area (Å²) in [4.78, 5) is 0.0952. The van der Waals surface area contributed by atoms with Crippen LogP contribution in [0, 0.1) is 5.92 Å². The Morgan fingerprint density at radius 3 is 2.80 bits per heavy atom. The van der Waals surface area contributed by atoms with E-state index in [1.165, 1.54) is 30.3 Å². The Hall–Kier alpha value is -0.0800. The standard InChI is InChI=1S/C12H17BrClNO4S/c1-15(4-5-18-8-9-2-3-9)20(16,17)11-6-10(7-14)19-12(11)13/h6,9H,2-5,7-8H2,1H3. The van der Waals surface area contributed by atoms with E-state index in [0.29, 0.717) is 24.8 Å². The summed E-state index contributed by atoms with van der Waals surface area (Å²) in [5.41, 5.74) is 0. The molecule has 5 nitrogen and oxygen atoms in total. The van der Waals surface area contributed by atoms with E-state index in [1.807, 2.05) is 0 Å². The van der Waals surface area contributed by atoms with Crippen LogP contribution in [0.5, 0.6) is 0 Å². The Morgan fingerprint density at radius 2 is 2.25 bits per heavy atom. The van der Waals surface area contributed by atoms with Gasteiger partial charge in [-0.1, -0.05) is 0 Å². The quantitative estimate of drug-likeness (QED) is 0.509. The van der Waals surface area contributed by atoms with Crippen LogP contribution < -0.4 is 0 Å². The Morgan fingerprint density at radius 1 is 1.55 bits per heavy atom. The van der Waals surface area contributed by atoms with E-state index in [4.69, 9.17) is 20.8 Å². The van der Waals surface area contributed by atoms with Crippen LogP contribution in [0.3, 0.4) is 0 Å². The molecule has 0 saturated heterocycles. The van der Waals surface area contributed by atoms with Gasteiger partial charge in [-0.25, -0.2) is 8.42 Å². The van der Waals surface area contributed by atoms with Crippen molar-refractivity contribution in [2.24, 2.45) is 5.92 Å². The predicted octanol–water partition coefficient (Wildman–Crippen LogP) is 2.83. The highest BCUT2D eigenvalue weighted by molar-refractivity contribution is 9.10. The first-order valence-corrected chi connectivity index (χ1v) is 9.10. The lowest BCUT2D eigenvalue weighted by Gasteiger charge is -2.16. The van der Waals surface area contributed by atoms with Gasteiger partial charge in [-0.15, -0.1) is 11.6 Å². The van der Waals surface area contributed by atoms with Crippen molar-refractivity contribution in [2.45, 2.75) is 23.6 Å². The van der Waals surface area contributed by atoms with Crippen LogP contribution in [0.4, 0.5) is 0 Å². The fourth-order valence-electron chi connectivity index (χ4n) is 1.66. The number of furan rings is 1. The second kappa shape index (κ2) is 6.79. The zero-order valence-electron chi connectivity index (χ0n) is 11.1. The van der Waals surface area contributed by atoms with Crippen molar-refractivity contribution in [3.8, 4) is 0 Å². The van der Waals surface area contributed by atoms with E-state index in [-0.39, 0.29) is 15.4 Å². The molecule has 1 fully saturated rings. The van der Waals surface area contributed by atoms with Crippen molar-refractivity contribution in [3.63, 3.8) is 0 Å². The summed E-state index contributed by atoms with van der Waals surface area (Å²) in [6.07, 6.45) is 2.44. The van der Waals surface area contributed by atoms with Crippen molar-refractivity contribution in [3.05, 3.63) is 16.5 Å². The fraction of sp³-hybridized carbons (Fsp3) is 0.667. The van der Waals surface area contributed by atoms with E-state index in [0.717, 1.165) is 6.61 Å². The summed E-state index contributed by atoms with van der Waals surface area (Å²) in [7, 11) is -2.07. The van der Waals surface area contributed by atoms with E-state index < -0.39 is 10.0 Å². The van der Waals surface area contributed by atoms with Gasteiger partial charge in [0.25, 0.3) is 0 Å². The van der Waals surface area contributed by atoms with Crippen molar-refractivity contribution in [1.82, 2.24) is 4.31 Å². The maximum Gasteiger partial charge on any atom is 0.247 e. The van der Waals surface area contributed by atoms with E-state index in [9.17, 15) is 8.42 Å². The molecule has 0 bridgehead atoms. The van der Waals surface area contributed by atoms with Crippen LogP contribution in [0.2, 0.25) is 0 Å². The molecule has 0 atom stereocenters. The number of nitrogens with zero attached hydrogens (tertiary/aromatic N) is 1. The number of sulfonamides is 1. The number of hydrogen-bond donors (Lipinski definition) is 0. The monoisotopic (exact) mass is 385 g/mol. The smallest absolute Gasteiger partial charge is 0.247 e. The highest BCUT2D eigenvalue weighted by atomic mass is 79.9. The molecule has 1 saturated carbocycles. The van der Waals surface area contributed by atoms with E-state index in [1.54, 1.807) is 0 Å². The summed E-state index contributed by atoms with van der Waals surface area (Å²) in [6.45, 7) is 1.42. The molecule has 1 aliphatic carbocycles. The molecule has 0 aromatic carbocycles. The van der Waals surface area contributed by atoms with Crippen LogP contribution in [0.15, 0.2) is 20.0 Å². The fourth-order valence-corrected chi connectivity index (χ4v) is 3.90. The highest BCUT2D eigenvalue weighted by Crippen LogP contribution is 2.30. The second-order valence-electron chi connectivity index (χ2n) is 4.83. The van der Waals surface area contributed by atoms with Gasteiger partial charge in [0.2, 0.25) is 10.0 Å². The molecule has 0 spiro atoms. The van der Waals surface area contributed by atoms with Crippen LogP contribution in [0.1, 0.15) is 18.6 Å². The molecule has 0 unspecified atom stereocenters. The Balaban J connectivity index is 1.94. The second-order valence-corrected chi connectivity index (χ2v) is 7.83. The molecule has 0 aliphatic heterocycles. The molecule has 20 heavy (non-hydrogen) atoms. The number of rotatable bonds is 8. The topological polar surface area (TPSA) is 59.8 Å². The Kier molecular flexibility index (Phi) is 5.53. The average Bonchev–Trinajstić information content (AvgIpc) is 3.15. The van der Waals surface area contributed by atoms with Crippen molar-refractivity contribution in [1.29, 1.82) is 0 Å². The molecule has 114 valence electrons. The largest absolute Gasteiger partial charge is 0.452 e. The minimum absolute atomic E-state index is 0.0952. The maximum atomic E-state index is 12.4. The van der Waals surface area contributed by atoms with Crippen molar-refractivity contribution in [2.75, 3.05) is 26.8 Å². The first-order valence-electron chi connectivity index (χ1n) is 6.33. The number of hydrogen-bond acceptors (Lipinski definition) is 4. The number of alkyl halides is 1. The van der Waals surface area contributed by atoms with Gasteiger partial charge in [-0.3, -0.25) is 0 Å². The van der Waals surface area contributed by atoms with E-state index in [2.05, 4.69) is 15.9 Å². The van der Waals surface area contributed by atoms with Gasteiger partial charge < -0.3 is 9.15 Å². The lowest BCUT2D eigenvalue weighted by atomic mass is 10.5. The lowest BCUT2D eigenvalue weighted by Crippen LogP contribution is -2.30. The van der Waals surface area contributed by atoms with Gasteiger partial charge in [0.05, 0.1) is 12.5 Å². The Bertz CT molecular complexity index is 556. The third kappa shape index (κ3) is 3.98. The summed E-state index contributed by atoms with van der Waals surface area (Å²) >= 11 is 8.75. The first kappa shape index (κ1) is 16.3. The molecule has 1 aliphatic rings. The molecule has 0 radical (unpaired) electrons. The molecule has 2 rings (SSSR count). The minimum Gasteiger partial charge on any atom is -0.452 e. The Labute approximate surface area is 132 Å². The van der Waals surface area contributed by atoms with Crippen LogP contribution >= 0.6 is 27.5 Å². The molecule has 1 aromatic heterocycles. The van der Waals surface area contributed by atoms with Gasteiger partial charge in [-0.05, 0) is 34.7 Å². The van der Waals surface area contributed by atoms with Crippen molar-refractivity contribution >= 4 is 37.6 Å². The summed E-state index contributed by atoms with van der Waals surface area (Å²) in [5, 5.41) is 0. The molecular weight excluding hydrogens is 370 g/mol. The average molecular weight is 387 g/mol. The minimum atomic E-state index is -3.59. The summed E-state index contributed by atoms with van der Waals surface area (Å²) in [5.74, 6) is 1.21. The van der Waals surface area contributed by atoms with Crippen molar-refractivity contribution < 1.29 is 17.6 Å². The molecule has 8 heteroatoms. The number of likely N-dealkylation sites (N-methyl/N-ethyl adjacent to an activating group) is 1. The molecule has 0 N–H and O–H groups in total. The van der Waals surface area contributed by atoms with Gasteiger partial charge >= 0.3 is 0 Å². The van der Waals surface area contributed by atoms with Gasteiger partial charge in [0.15, 0.2) is 4.67 Å². The van der Waals surface area contributed by atoms with Gasteiger partial charge in [-0.2, -0.15) is 4.31 Å². The highest BCUT2D eigenvalue weighted by Gasteiger charge is 2.27. The molecular formula is C12H17BrClNO4S. The zero-order valence-corrected chi connectivity index (χ0v) is 14.3. The molecule has 0 amide bonds. The van der Waals surface area contributed by atoms with E-state index >= 15 is 0 Å². The lowest BCUT2D eigenvalue weighted by molar-refractivity contribution is 0.117. The summed E-state index contributed by atoms with van der Waals surface area (Å²) in [6, 6.07) is 1.44. The third-order valence-electron chi connectivity index (χ3n) is 3.13. The molecule has 1 heterocycles. The van der Waals surface area contributed by atoms with Crippen LogP contribution in [-0.4, -0.2) is 39.5 Å². The van der Waals surface area contributed by atoms with Crippen LogP contribution in [-0.2, 0) is 20.6 Å². The number of halogens is 2. The van der Waals surface area contributed by atoms with Crippen LogP contribution in [0.25, 0.3) is 0 Å². The third-order valence-corrected chi connectivity index (χ3v) is 6.10. The summed E-state index contributed by atoms with van der Waals surface area (Å²) < 4.78 is 36.8. The maximum absolute atomic E-state index is 12.4. The predicted molar refractivity (Wildman–Crippen MR) is 79.3 cm³/mol. The van der Waals surface area contributed by atoms with Gasteiger partial charge in [0, 0.05) is 26.3 Å². The SMILES string of the molecule is CN(CCOCC1CC1)S(=O)(=O)c1cc(CCl)oc1Br. The first-order chi connectivity index (χ1) is 9.45. The molecule has 1 aromatic rings.